The van der Waals surface area contributed by atoms with Gasteiger partial charge >= 0.3 is 0 Å². The Hall–Kier alpha value is -1.11. The topological polar surface area (TPSA) is 29.1 Å². The van der Waals surface area contributed by atoms with Gasteiger partial charge in [-0.2, -0.15) is 0 Å². The van der Waals surface area contributed by atoms with Gasteiger partial charge in [-0.1, -0.05) is 0 Å². The normalized spacial score (nSPS) is 19.6. The lowest BCUT2D eigenvalue weighted by Gasteiger charge is -2.27. The number of halogens is 2. The molecule has 0 heterocycles. The van der Waals surface area contributed by atoms with E-state index in [2.05, 4.69) is 11.2 Å². The molecule has 0 spiro atoms. The van der Waals surface area contributed by atoms with Crippen molar-refractivity contribution in [2.24, 2.45) is 5.92 Å². The summed E-state index contributed by atoms with van der Waals surface area (Å²) in [6.45, 7) is 0.591. The summed E-state index contributed by atoms with van der Waals surface area (Å²) in [7, 11) is 0. The van der Waals surface area contributed by atoms with Crippen molar-refractivity contribution >= 4 is 5.91 Å². The Morgan fingerprint density at radius 2 is 2.00 bits per heavy atom. The Morgan fingerprint density at radius 3 is 2.59 bits per heavy atom. The highest BCUT2D eigenvalue weighted by Gasteiger charge is 2.37. The number of amides is 1. The van der Waals surface area contributed by atoms with E-state index in [1.54, 1.807) is 0 Å². The van der Waals surface area contributed by atoms with Crippen LogP contribution in [0.2, 0.25) is 0 Å². The molecule has 0 unspecified atom stereocenters. The van der Waals surface area contributed by atoms with Gasteiger partial charge in [-0.25, -0.2) is 8.78 Å². The van der Waals surface area contributed by atoms with Crippen LogP contribution in [0.5, 0.6) is 0 Å². The van der Waals surface area contributed by atoms with Crippen molar-refractivity contribution in [1.82, 2.24) is 5.32 Å². The Kier molecular flexibility index (Phi) is 5.40. The number of rotatable bonds is 5. The molecule has 1 N–H and O–H groups in total. The van der Waals surface area contributed by atoms with E-state index < -0.39 is 5.92 Å². The van der Waals surface area contributed by atoms with Gasteiger partial charge in [-0.15, -0.1) is 12.3 Å². The number of alkyl halides is 2. The van der Waals surface area contributed by atoms with E-state index >= 15 is 0 Å². The van der Waals surface area contributed by atoms with Crippen molar-refractivity contribution < 1.29 is 13.6 Å². The summed E-state index contributed by atoms with van der Waals surface area (Å²) >= 11 is 0. The van der Waals surface area contributed by atoms with Crippen molar-refractivity contribution in [1.29, 1.82) is 0 Å². The number of unbranched alkanes of at least 4 members (excludes halogenated alkanes) is 2. The maximum atomic E-state index is 12.9. The van der Waals surface area contributed by atoms with Crippen LogP contribution in [0.4, 0.5) is 8.78 Å². The summed E-state index contributed by atoms with van der Waals surface area (Å²) in [6, 6.07) is 0. The Morgan fingerprint density at radius 1 is 1.35 bits per heavy atom. The molecule has 0 saturated heterocycles. The van der Waals surface area contributed by atoms with Gasteiger partial charge in [-0.05, 0) is 25.7 Å². The lowest BCUT2D eigenvalue weighted by Crippen LogP contribution is -2.36. The summed E-state index contributed by atoms with van der Waals surface area (Å²) in [5.41, 5.74) is 0. The molecule has 0 aromatic carbocycles. The van der Waals surface area contributed by atoms with Crippen molar-refractivity contribution in [3.8, 4) is 12.3 Å². The van der Waals surface area contributed by atoms with Gasteiger partial charge in [0.25, 0.3) is 0 Å². The third kappa shape index (κ3) is 5.16. The molecule has 2 nitrogen and oxygen atoms in total. The Labute approximate surface area is 101 Å². The van der Waals surface area contributed by atoms with E-state index in [1.807, 2.05) is 0 Å². The maximum Gasteiger partial charge on any atom is 0.248 e. The second-order valence-corrected chi connectivity index (χ2v) is 4.58. The molecule has 0 atom stereocenters. The van der Waals surface area contributed by atoms with Crippen LogP contribution in [0.3, 0.4) is 0 Å². The summed E-state index contributed by atoms with van der Waals surface area (Å²) in [6.07, 6.45) is 7.81. The molecule has 0 radical (unpaired) electrons. The zero-order chi connectivity index (χ0) is 12.7. The third-order valence-corrected chi connectivity index (χ3v) is 3.14. The fourth-order valence-corrected chi connectivity index (χ4v) is 2.01. The highest BCUT2D eigenvalue weighted by atomic mass is 19.3. The first-order valence-electron chi connectivity index (χ1n) is 6.14. The van der Waals surface area contributed by atoms with Crippen LogP contribution < -0.4 is 5.32 Å². The number of terminal acetylenes is 1. The molecule has 1 fully saturated rings. The summed E-state index contributed by atoms with van der Waals surface area (Å²) < 4.78 is 25.8. The van der Waals surface area contributed by atoms with Gasteiger partial charge in [0.15, 0.2) is 0 Å². The minimum Gasteiger partial charge on any atom is -0.356 e. The fraction of sp³-hybridized carbons (Fsp3) is 0.769. The van der Waals surface area contributed by atoms with Gasteiger partial charge < -0.3 is 5.32 Å². The molecule has 96 valence electrons. The molecule has 0 aliphatic heterocycles. The highest BCUT2D eigenvalue weighted by molar-refractivity contribution is 5.78. The summed E-state index contributed by atoms with van der Waals surface area (Å²) in [5.74, 6) is -0.350. The monoisotopic (exact) mass is 243 g/mol. The smallest absolute Gasteiger partial charge is 0.248 e. The largest absolute Gasteiger partial charge is 0.356 e. The number of carbonyl (C=O) groups excluding carboxylic acids is 1. The fourth-order valence-electron chi connectivity index (χ4n) is 2.01. The molecule has 1 aliphatic rings. The average molecular weight is 243 g/mol. The predicted molar refractivity (Wildman–Crippen MR) is 62.6 cm³/mol. The van der Waals surface area contributed by atoms with Gasteiger partial charge in [0.05, 0.1) is 0 Å². The molecule has 1 rings (SSSR count). The molecule has 0 aromatic heterocycles. The van der Waals surface area contributed by atoms with E-state index in [0.29, 0.717) is 25.8 Å². The maximum absolute atomic E-state index is 12.9. The number of hydrogen-bond acceptors (Lipinski definition) is 1. The molecular weight excluding hydrogens is 224 g/mol. The van der Waals surface area contributed by atoms with E-state index in [4.69, 9.17) is 6.42 Å². The van der Waals surface area contributed by atoms with Gasteiger partial charge in [0, 0.05) is 31.7 Å². The first kappa shape index (κ1) is 14.0. The minimum atomic E-state index is -2.57. The SMILES string of the molecule is C#CCCCCNC(=O)C1CCC(F)(F)CC1. The number of hydrogen-bond donors (Lipinski definition) is 1. The third-order valence-electron chi connectivity index (χ3n) is 3.14. The van der Waals surface area contributed by atoms with E-state index in [-0.39, 0.29) is 24.7 Å². The summed E-state index contributed by atoms with van der Waals surface area (Å²) in [4.78, 5) is 11.6. The average Bonchev–Trinajstić information content (AvgIpc) is 2.28. The molecule has 1 saturated carbocycles. The van der Waals surface area contributed by atoms with Crippen molar-refractivity contribution in [2.75, 3.05) is 6.54 Å². The van der Waals surface area contributed by atoms with Gasteiger partial charge in [0.2, 0.25) is 11.8 Å². The molecular formula is C13H19F2NO. The zero-order valence-electron chi connectivity index (χ0n) is 9.98. The zero-order valence-corrected chi connectivity index (χ0v) is 9.98. The molecule has 17 heavy (non-hydrogen) atoms. The van der Waals surface area contributed by atoms with Crippen molar-refractivity contribution in [3.05, 3.63) is 0 Å². The molecule has 4 heteroatoms. The Balaban J connectivity index is 2.15. The predicted octanol–water partition coefficient (Wildman–Crippen LogP) is 2.73. The lowest BCUT2D eigenvalue weighted by atomic mass is 9.86. The standard InChI is InChI=1S/C13H19F2NO/c1-2-3-4-5-10-16-12(17)11-6-8-13(14,15)9-7-11/h1,11H,3-10H2,(H,16,17). The quantitative estimate of drug-likeness (QED) is 0.584. The second kappa shape index (κ2) is 6.58. The van der Waals surface area contributed by atoms with Crippen LogP contribution in [0.15, 0.2) is 0 Å². The minimum absolute atomic E-state index is 0.0822. The van der Waals surface area contributed by atoms with Crippen LogP contribution in [0, 0.1) is 18.3 Å². The lowest BCUT2D eigenvalue weighted by molar-refractivity contribution is -0.129. The van der Waals surface area contributed by atoms with Crippen LogP contribution in [0.1, 0.15) is 44.9 Å². The summed E-state index contributed by atoms with van der Waals surface area (Å²) in [5, 5.41) is 2.79. The first-order valence-corrected chi connectivity index (χ1v) is 6.14. The molecule has 0 bridgehead atoms. The van der Waals surface area contributed by atoms with Gasteiger partial charge in [0.1, 0.15) is 0 Å². The Bertz CT molecular complexity index is 286. The molecule has 1 amide bonds. The van der Waals surface area contributed by atoms with Crippen LogP contribution in [0.25, 0.3) is 0 Å². The van der Waals surface area contributed by atoms with Crippen LogP contribution >= 0.6 is 0 Å². The number of nitrogens with one attached hydrogen (secondary N) is 1. The van der Waals surface area contributed by atoms with Crippen molar-refractivity contribution in [3.63, 3.8) is 0 Å². The van der Waals surface area contributed by atoms with Crippen LogP contribution in [-0.2, 0) is 4.79 Å². The highest BCUT2D eigenvalue weighted by Crippen LogP contribution is 2.36. The molecule has 1 aliphatic carbocycles. The van der Waals surface area contributed by atoms with E-state index in [0.717, 1.165) is 12.8 Å². The van der Waals surface area contributed by atoms with Crippen LogP contribution in [-0.4, -0.2) is 18.4 Å². The van der Waals surface area contributed by atoms with Crippen molar-refractivity contribution in [2.45, 2.75) is 50.9 Å². The van der Waals surface area contributed by atoms with E-state index in [9.17, 15) is 13.6 Å². The van der Waals surface area contributed by atoms with Gasteiger partial charge in [-0.3, -0.25) is 4.79 Å². The number of carbonyl (C=O) groups is 1. The molecule has 0 aromatic rings. The second-order valence-electron chi connectivity index (χ2n) is 4.58. The first-order chi connectivity index (χ1) is 8.05. The van der Waals surface area contributed by atoms with E-state index in [1.165, 1.54) is 0 Å².